The number of likely N-dealkylation sites (tertiary alicyclic amines) is 1. The molecule has 0 spiro atoms. The van der Waals surface area contributed by atoms with Gasteiger partial charge in [-0.1, -0.05) is 30.4 Å². The first kappa shape index (κ1) is 17.4. The van der Waals surface area contributed by atoms with Gasteiger partial charge < -0.3 is 14.4 Å². The van der Waals surface area contributed by atoms with Crippen molar-refractivity contribution >= 4 is 23.2 Å². The molecule has 0 unspecified atom stereocenters. The zero-order chi connectivity index (χ0) is 17.6. The highest BCUT2D eigenvalue weighted by Crippen LogP contribution is 2.30. The predicted octanol–water partition coefficient (Wildman–Crippen LogP) is 4.08. The molecular formula is C20H21NO3S. The molecule has 1 heterocycles. The van der Waals surface area contributed by atoms with Crippen LogP contribution in [-0.4, -0.2) is 36.1 Å². The second kappa shape index (κ2) is 8.12. The number of carbonyl (C=O) groups is 1. The van der Waals surface area contributed by atoms with Gasteiger partial charge in [0.15, 0.2) is 11.5 Å². The molecule has 0 saturated carbocycles. The van der Waals surface area contributed by atoms with Crippen LogP contribution in [0.2, 0.25) is 0 Å². The van der Waals surface area contributed by atoms with E-state index >= 15 is 0 Å². The van der Waals surface area contributed by atoms with Crippen LogP contribution in [0.4, 0.5) is 0 Å². The Balaban J connectivity index is 1.82. The lowest BCUT2D eigenvalue weighted by molar-refractivity contribution is 0.0729. The second-order valence-corrected chi connectivity index (χ2v) is 6.36. The van der Waals surface area contributed by atoms with Crippen LogP contribution in [0.25, 0.3) is 0 Å². The molecule has 4 nitrogen and oxygen atoms in total. The summed E-state index contributed by atoms with van der Waals surface area (Å²) >= 11 is 5.63. The van der Waals surface area contributed by atoms with Gasteiger partial charge in [-0.05, 0) is 49.6 Å². The minimum Gasteiger partial charge on any atom is -0.493 e. The highest BCUT2D eigenvalue weighted by Gasteiger charge is 2.18. The van der Waals surface area contributed by atoms with Gasteiger partial charge in [0, 0.05) is 18.7 Å². The fourth-order valence-electron chi connectivity index (χ4n) is 2.90. The summed E-state index contributed by atoms with van der Waals surface area (Å²) in [5.41, 5.74) is 1.36. The van der Waals surface area contributed by atoms with E-state index in [1.54, 1.807) is 43.5 Å². The van der Waals surface area contributed by atoms with Crippen molar-refractivity contribution in [2.45, 2.75) is 19.3 Å². The van der Waals surface area contributed by atoms with Gasteiger partial charge in [0.1, 0.15) is 4.99 Å². The average molecular weight is 355 g/mol. The van der Waals surface area contributed by atoms with Crippen molar-refractivity contribution in [1.29, 1.82) is 0 Å². The highest BCUT2D eigenvalue weighted by atomic mass is 32.1. The minimum atomic E-state index is -0.417. The number of nitrogens with zero attached hydrogens (tertiary/aromatic N) is 1. The maximum Gasteiger partial charge on any atom is 0.343 e. The van der Waals surface area contributed by atoms with Gasteiger partial charge in [0.2, 0.25) is 0 Å². The topological polar surface area (TPSA) is 38.8 Å². The zero-order valence-corrected chi connectivity index (χ0v) is 15.1. The summed E-state index contributed by atoms with van der Waals surface area (Å²) in [7, 11) is 1.55. The van der Waals surface area contributed by atoms with Gasteiger partial charge in [0.25, 0.3) is 0 Å². The molecule has 0 aromatic heterocycles. The lowest BCUT2D eigenvalue weighted by Crippen LogP contribution is -2.34. The number of hydrogen-bond donors (Lipinski definition) is 0. The Bertz CT molecular complexity index is 755. The Morgan fingerprint density at radius 3 is 2.36 bits per heavy atom. The highest BCUT2D eigenvalue weighted by molar-refractivity contribution is 7.80. The molecule has 0 N–H and O–H groups in total. The van der Waals surface area contributed by atoms with Crippen LogP contribution in [0.5, 0.6) is 11.5 Å². The molecule has 0 amide bonds. The number of methoxy groups -OCH3 is 1. The molecule has 1 aliphatic heterocycles. The summed E-state index contributed by atoms with van der Waals surface area (Å²) < 4.78 is 10.9. The molecule has 1 fully saturated rings. The lowest BCUT2D eigenvalue weighted by Gasteiger charge is -2.29. The largest absolute Gasteiger partial charge is 0.493 e. The predicted molar refractivity (Wildman–Crippen MR) is 102 cm³/mol. The van der Waals surface area contributed by atoms with E-state index in [2.05, 4.69) is 4.90 Å². The molecule has 0 radical (unpaired) electrons. The van der Waals surface area contributed by atoms with Gasteiger partial charge in [-0.3, -0.25) is 0 Å². The number of piperidine rings is 1. The molecule has 3 rings (SSSR count). The number of hydrogen-bond acceptors (Lipinski definition) is 4. The van der Waals surface area contributed by atoms with Crippen LogP contribution in [-0.2, 0) is 0 Å². The standard InChI is InChI=1S/C20H21NO3S/c1-23-17-11-10-16(19(25)21-12-6-3-7-13-21)14-18(17)24-20(22)15-8-4-2-5-9-15/h2,4-5,8-11,14H,3,6-7,12-13H2,1H3. The van der Waals surface area contributed by atoms with E-state index in [-0.39, 0.29) is 0 Å². The van der Waals surface area contributed by atoms with Crippen molar-refractivity contribution in [1.82, 2.24) is 4.90 Å². The number of benzene rings is 2. The van der Waals surface area contributed by atoms with Crippen LogP contribution in [0.3, 0.4) is 0 Å². The SMILES string of the molecule is COc1ccc(C(=S)N2CCCCC2)cc1OC(=O)c1ccccc1. The zero-order valence-electron chi connectivity index (χ0n) is 14.2. The van der Waals surface area contributed by atoms with E-state index in [0.717, 1.165) is 36.5 Å². The van der Waals surface area contributed by atoms with Gasteiger partial charge in [-0.15, -0.1) is 0 Å². The number of thiocarbonyl (C=S) groups is 1. The number of esters is 1. The van der Waals surface area contributed by atoms with E-state index in [1.165, 1.54) is 6.42 Å². The van der Waals surface area contributed by atoms with Crippen molar-refractivity contribution in [3.05, 3.63) is 59.7 Å². The quantitative estimate of drug-likeness (QED) is 0.469. The second-order valence-electron chi connectivity index (χ2n) is 5.97. The number of carbonyl (C=O) groups excluding carboxylic acids is 1. The molecule has 25 heavy (non-hydrogen) atoms. The third kappa shape index (κ3) is 4.17. The molecule has 130 valence electrons. The Hall–Kier alpha value is -2.40. The first-order valence-electron chi connectivity index (χ1n) is 8.43. The maximum atomic E-state index is 12.3. The molecular weight excluding hydrogens is 334 g/mol. The maximum absolute atomic E-state index is 12.3. The van der Waals surface area contributed by atoms with Crippen molar-refractivity contribution in [3.63, 3.8) is 0 Å². The summed E-state index contributed by atoms with van der Waals surface area (Å²) in [5, 5.41) is 0. The molecule has 0 atom stereocenters. The Morgan fingerprint density at radius 1 is 0.960 bits per heavy atom. The van der Waals surface area contributed by atoms with Gasteiger partial charge in [-0.25, -0.2) is 4.79 Å². The molecule has 2 aromatic rings. The number of rotatable bonds is 4. The lowest BCUT2D eigenvalue weighted by atomic mass is 10.1. The van der Waals surface area contributed by atoms with Crippen molar-refractivity contribution in [3.8, 4) is 11.5 Å². The van der Waals surface area contributed by atoms with E-state index in [1.807, 2.05) is 12.1 Å². The Labute approximate surface area is 153 Å². The summed E-state index contributed by atoms with van der Waals surface area (Å²) in [4.78, 5) is 15.3. The molecule has 1 saturated heterocycles. The summed E-state index contributed by atoms with van der Waals surface area (Å²) in [6.07, 6.45) is 3.57. The molecule has 1 aliphatic rings. The summed E-state index contributed by atoms with van der Waals surface area (Å²) in [6.45, 7) is 1.95. The van der Waals surface area contributed by atoms with Crippen LogP contribution >= 0.6 is 12.2 Å². The average Bonchev–Trinajstić information content (AvgIpc) is 2.68. The normalized spacial score (nSPS) is 14.0. The molecule has 5 heteroatoms. The third-order valence-electron chi connectivity index (χ3n) is 4.27. The fraction of sp³-hybridized carbons (Fsp3) is 0.300. The Kier molecular flexibility index (Phi) is 5.66. The van der Waals surface area contributed by atoms with Crippen molar-refractivity contribution in [2.24, 2.45) is 0 Å². The smallest absolute Gasteiger partial charge is 0.343 e. The van der Waals surface area contributed by atoms with Gasteiger partial charge in [0.05, 0.1) is 12.7 Å². The van der Waals surface area contributed by atoms with Crippen molar-refractivity contribution < 1.29 is 14.3 Å². The molecule has 2 aromatic carbocycles. The van der Waals surface area contributed by atoms with E-state index in [9.17, 15) is 4.79 Å². The van der Waals surface area contributed by atoms with Crippen LogP contribution in [0.15, 0.2) is 48.5 Å². The van der Waals surface area contributed by atoms with Crippen LogP contribution in [0, 0.1) is 0 Å². The van der Waals surface area contributed by atoms with Crippen LogP contribution in [0.1, 0.15) is 35.2 Å². The number of ether oxygens (including phenoxy) is 2. The summed E-state index contributed by atoms with van der Waals surface area (Å²) in [5.74, 6) is 0.475. The van der Waals surface area contributed by atoms with Crippen molar-refractivity contribution in [2.75, 3.05) is 20.2 Å². The Morgan fingerprint density at radius 2 is 1.68 bits per heavy atom. The molecule has 0 bridgehead atoms. The first-order valence-corrected chi connectivity index (χ1v) is 8.84. The fourth-order valence-corrected chi connectivity index (χ4v) is 3.21. The third-order valence-corrected chi connectivity index (χ3v) is 4.76. The van der Waals surface area contributed by atoms with E-state index in [4.69, 9.17) is 21.7 Å². The van der Waals surface area contributed by atoms with Gasteiger partial charge in [-0.2, -0.15) is 0 Å². The molecule has 0 aliphatic carbocycles. The monoisotopic (exact) mass is 355 g/mol. The first-order chi connectivity index (χ1) is 12.2. The van der Waals surface area contributed by atoms with E-state index < -0.39 is 5.97 Å². The summed E-state index contributed by atoms with van der Waals surface area (Å²) in [6, 6.07) is 14.4. The van der Waals surface area contributed by atoms with Crippen LogP contribution < -0.4 is 9.47 Å². The van der Waals surface area contributed by atoms with E-state index in [0.29, 0.717) is 17.1 Å². The minimum absolute atomic E-state index is 0.383. The van der Waals surface area contributed by atoms with Gasteiger partial charge >= 0.3 is 5.97 Å².